The molecule has 0 saturated carbocycles. The van der Waals surface area contributed by atoms with E-state index in [1.807, 2.05) is 0 Å². The van der Waals surface area contributed by atoms with Gasteiger partial charge in [0.2, 0.25) is 0 Å². The van der Waals surface area contributed by atoms with Crippen LogP contribution in [0.4, 0.5) is 21.5 Å². The normalized spacial score (nSPS) is 10.3. The van der Waals surface area contributed by atoms with Crippen molar-refractivity contribution in [3.05, 3.63) is 45.6 Å². The molecule has 0 aliphatic heterocycles. The summed E-state index contributed by atoms with van der Waals surface area (Å²) in [7, 11) is 1.48. The Morgan fingerprint density at radius 3 is 2.68 bits per heavy atom. The van der Waals surface area contributed by atoms with Gasteiger partial charge in [0.05, 0.1) is 23.5 Å². The van der Waals surface area contributed by atoms with E-state index >= 15 is 0 Å². The number of nitrogens with two attached hydrogens (primary N) is 1. The molecule has 2 rings (SSSR count). The summed E-state index contributed by atoms with van der Waals surface area (Å²) in [5, 5.41) is 3.53. The maximum Gasteiger partial charge on any atom is 0.148 e. The molecule has 0 fully saturated rings. The summed E-state index contributed by atoms with van der Waals surface area (Å²) in [5.74, 6) is -0.0405. The molecule has 19 heavy (non-hydrogen) atoms. The molecule has 0 amide bonds. The molecule has 0 radical (unpaired) electrons. The van der Waals surface area contributed by atoms with Crippen molar-refractivity contribution in [1.29, 1.82) is 0 Å². The minimum Gasteiger partial charge on any atom is -0.495 e. The predicted molar refractivity (Wildman–Crippen MR) is 79.8 cm³/mol. The van der Waals surface area contributed by atoms with E-state index in [2.05, 4.69) is 21.2 Å². The number of methoxy groups -OCH3 is 1. The van der Waals surface area contributed by atoms with Crippen LogP contribution in [-0.4, -0.2) is 7.11 Å². The number of ether oxygens (including phenoxy) is 1. The lowest BCUT2D eigenvalue weighted by Gasteiger charge is -2.12. The summed E-state index contributed by atoms with van der Waals surface area (Å²) in [6.45, 7) is 0. The van der Waals surface area contributed by atoms with E-state index in [9.17, 15) is 4.39 Å². The Bertz CT molecular complexity index is 622. The Morgan fingerprint density at radius 1 is 1.32 bits per heavy atom. The lowest BCUT2D eigenvalue weighted by Crippen LogP contribution is -1.98. The molecule has 2 aromatic carbocycles. The van der Waals surface area contributed by atoms with Gasteiger partial charge >= 0.3 is 0 Å². The van der Waals surface area contributed by atoms with Crippen LogP contribution >= 0.6 is 27.5 Å². The molecular formula is C13H11BrClFN2O. The highest BCUT2D eigenvalue weighted by Crippen LogP contribution is 2.32. The molecule has 2 aromatic rings. The van der Waals surface area contributed by atoms with Gasteiger partial charge in [0.1, 0.15) is 11.6 Å². The van der Waals surface area contributed by atoms with Gasteiger partial charge in [0, 0.05) is 22.3 Å². The zero-order chi connectivity index (χ0) is 14.0. The number of nitrogen functional groups attached to an aromatic ring is 1. The molecule has 0 bridgehead atoms. The third kappa shape index (κ3) is 3.11. The van der Waals surface area contributed by atoms with E-state index < -0.39 is 5.82 Å². The highest BCUT2D eigenvalue weighted by atomic mass is 79.9. The number of nitrogens with one attached hydrogen (secondary N) is 1. The molecule has 0 aliphatic carbocycles. The molecular weight excluding hydrogens is 335 g/mol. The topological polar surface area (TPSA) is 47.3 Å². The minimum absolute atomic E-state index is 0.253. The van der Waals surface area contributed by atoms with Crippen LogP contribution in [0.15, 0.2) is 34.8 Å². The number of benzene rings is 2. The first-order chi connectivity index (χ1) is 9.01. The molecule has 0 aliphatic rings. The molecule has 3 nitrogen and oxygen atoms in total. The summed E-state index contributed by atoms with van der Waals surface area (Å²) >= 11 is 9.21. The van der Waals surface area contributed by atoms with Crippen molar-refractivity contribution in [2.75, 3.05) is 18.2 Å². The molecule has 0 spiro atoms. The maximum atomic E-state index is 13.8. The lowest BCUT2D eigenvalue weighted by molar-refractivity contribution is 0.416. The molecule has 0 atom stereocenters. The first kappa shape index (κ1) is 14.0. The Labute approximate surface area is 123 Å². The van der Waals surface area contributed by atoms with Crippen molar-refractivity contribution in [2.45, 2.75) is 0 Å². The van der Waals surface area contributed by atoms with E-state index in [-0.39, 0.29) is 11.4 Å². The number of anilines is 3. The predicted octanol–water partition coefficient (Wildman–Crippen LogP) is 4.58. The zero-order valence-electron chi connectivity index (χ0n) is 10.0. The van der Waals surface area contributed by atoms with Gasteiger partial charge < -0.3 is 15.8 Å². The van der Waals surface area contributed by atoms with Crippen molar-refractivity contribution < 1.29 is 9.13 Å². The van der Waals surface area contributed by atoms with Gasteiger partial charge in [-0.2, -0.15) is 0 Å². The van der Waals surface area contributed by atoms with Crippen LogP contribution in [0, 0.1) is 5.82 Å². The van der Waals surface area contributed by atoms with E-state index in [0.29, 0.717) is 16.5 Å². The second-order valence-electron chi connectivity index (χ2n) is 3.83. The second-order valence-corrected chi connectivity index (χ2v) is 5.09. The van der Waals surface area contributed by atoms with Gasteiger partial charge in [0.25, 0.3) is 0 Å². The van der Waals surface area contributed by atoms with Crippen LogP contribution in [0.25, 0.3) is 0 Å². The standard InChI is InChI=1S/C13H11BrClFN2O/c1-19-13-6-12(10(16)5-11(13)17)18-7-2-3-9(15)8(14)4-7/h2-6,18H,17H2,1H3. The smallest absolute Gasteiger partial charge is 0.148 e. The highest BCUT2D eigenvalue weighted by Gasteiger charge is 2.09. The van der Waals surface area contributed by atoms with Crippen molar-refractivity contribution in [3.63, 3.8) is 0 Å². The summed E-state index contributed by atoms with van der Waals surface area (Å²) in [5.41, 5.74) is 6.85. The molecule has 3 N–H and O–H groups in total. The summed E-state index contributed by atoms with van der Waals surface area (Å²) in [6.07, 6.45) is 0. The van der Waals surface area contributed by atoms with Crippen molar-refractivity contribution in [1.82, 2.24) is 0 Å². The molecule has 0 saturated heterocycles. The fourth-order valence-corrected chi connectivity index (χ4v) is 2.07. The van der Waals surface area contributed by atoms with Crippen LogP contribution < -0.4 is 15.8 Å². The lowest BCUT2D eigenvalue weighted by atomic mass is 10.2. The number of rotatable bonds is 3. The van der Waals surface area contributed by atoms with Crippen LogP contribution in [-0.2, 0) is 0 Å². The van der Waals surface area contributed by atoms with Gasteiger partial charge in [-0.15, -0.1) is 0 Å². The SMILES string of the molecule is COc1cc(Nc2ccc(Cl)c(Br)c2)c(F)cc1N. The molecule has 6 heteroatoms. The number of hydrogen-bond acceptors (Lipinski definition) is 3. The average molecular weight is 346 g/mol. The Balaban J connectivity index is 2.34. The van der Waals surface area contributed by atoms with Gasteiger partial charge in [-0.1, -0.05) is 11.6 Å². The molecule has 0 unspecified atom stereocenters. The minimum atomic E-state index is -0.454. The van der Waals surface area contributed by atoms with Crippen LogP contribution in [0.5, 0.6) is 5.75 Å². The van der Waals surface area contributed by atoms with Crippen LogP contribution in [0.2, 0.25) is 5.02 Å². The van der Waals surface area contributed by atoms with E-state index in [1.54, 1.807) is 18.2 Å². The number of halogens is 3. The first-order valence-corrected chi connectivity index (χ1v) is 6.53. The van der Waals surface area contributed by atoms with Crippen molar-refractivity contribution >= 4 is 44.6 Å². The fraction of sp³-hybridized carbons (Fsp3) is 0.0769. The summed E-state index contributed by atoms with van der Waals surface area (Å²) in [4.78, 5) is 0. The highest BCUT2D eigenvalue weighted by molar-refractivity contribution is 9.10. The average Bonchev–Trinajstić information content (AvgIpc) is 2.37. The Kier molecular flexibility index (Phi) is 4.17. The molecule has 0 aromatic heterocycles. The summed E-state index contributed by atoms with van der Waals surface area (Å²) < 4.78 is 19.6. The quantitative estimate of drug-likeness (QED) is 0.801. The van der Waals surface area contributed by atoms with E-state index in [0.717, 1.165) is 4.47 Å². The molecule has 100 valence electrons. The van der Waals surface area contributed by atoms with Gasteiger partial charge in [-0.3, -0.25) is 0 Å². The van der Waals surface area contributed by atoms with Gasteiger partial charge in [-0.05, 0) is 34.1 Å². The van der Waals surface area contributed by atoms with E-state index in [1.165, 1.54) is 19.2 Å². The Hall–Kier alpha value is -1.46. The molecule has 0 heterocycles. The van der Waals surface area contributed by atoms with Crippen molar-refractivity contribution in [2.24, 2.45) is 0 Å². The van der Waals surface area contributed by atoms with Crippen LogP contribution in [0.1, 0.15) is 0 Å². The van der Waals surface area contributed by atoms with Gasteiger partial charge in [-0.25, -0.2) is 4.39 Å². The largest absolute Gasteiger partial charge is 0.495 e. The summed E-state index contributed by atoms with van der Waals surface area (Å²) in [6, 6.07) is 7.93. The van der Waals surface area contributed by atoms with E-state index in [4.69, 9.17) is 22.1 Å². The third-order valence-electron chi connectivity index (χ3n) is 2.52. The zero-order valence-corrected chi connectivity index (χ0v) is 12.3. The second kappa shape index (κ2) is 5.67. The number of hydrogen-bond donors (Lipinski definition) is 2. The first-order valence-electron chi connectivity index (χ1n) is 5.36. The maximum absolute atomic E-state index is 13.8. The fourth-order valence-electron chi connectivity index (χ4n) is 1.57. The van der Waals surface area contributed by atoms with Gasteiger partial charge in [0.15, 0.2) is 0 Å². The third-order valence-corrected chi connectivity index (χ3v) is 3.73. The Morgan fingerprint density at radius 2 is 2.05 bits per heavy atom. The van der Waals surface area contributed by atoms with Crippen LogP contribution in [0.3, 0.4) is 0 Å². The monoisotopic (exact) mass is 344 g/mol. The van der Waals surface area contributed by atoms with Crippen molar-refractivity contribution in [3.8, 4) is 5.75 Å².